The highest BCUT2D eigenvalue weighted by molar-refractivity contribution is 7.91. The Kier molecular flexibility index (Phi) is 7.04. The van der Waals surface area contributed by atoms with E-state index in [-0.39, 0.29) is 29.6 Å². The van der Waals surface area contributed by atoms with Crippen molar-refractivity contribution in [3.05, 3.63) is 52.2 Å². The van der Waals surface area contributed by atoms with Crippen LogP contribution >= 0.6 is 22.9 Å². The molecule has 0 saturated heterocycles. The molecule has 0 aliphatic carbocycles. The lowest BCUT2D eigenvalue weighted by Gasteiger charge is -2.18. The van der Waals surface area contributed by atoms with Crippen LogP contribution in [0.4, 0.5) is 0 Å². The van der Waals surface area contributed by atoms with Crippen LogP contribution in [0.25, 0.3) is 0 Å². The highest BCUT2D eigenvalue weighted by Gasteiger charge is 2.30. The molecule has 1 heterocycles. The summed E-state index contributed by atoms with van der Waals surface area (Å²) in [5.41, 5.74) is 1.09. The van der Waals surface area contributed by atoms with Crippen molar-refractivity contribution in [1.29, 1.82) is 0 Å². The maximum Gasteiger partial charge on any atom is 0.221 e. The second-order valence-electron chi connectivity index (χ2n) is 6.02. The van der Waals surface area contributed by atoms with Crippen LogP contribution in [-0.4, -0.2) is 26.7 Å². The Bertz CT molecular complexity index is 784. The van der Waals surface area contributed by atoms with E-state index < -0.39 is 15.1 Å². The molecule has 0 spiro atoms. The molecule has 7 heteroatoms. The summed E-state index contributed by atoms with van der Waals surface area (Å²) in [7, 11) is -3.61. The Morgan fingerprint density at radius 2 is 1.88 bits per heavy atom. The van der Waals surface area contributed by atoms with Crippen LogP contribution in [0.5, 0.6) is 0 Å². The van der Waals surface area contributed by atoms with E-state index in [9.17, 15) is 13.2 Å². The average molecular weight is 400 g/mol. The van der Waals surface area contributed by atoms with Gasteiger partial charge in [-0.25, -0.2) is 8.42 Å². The molecule has 0 fully saturated rings. The summed E-state index contributed by atoms with van der Waals surface area (Å²) in [6, 6.07) is 10.6. The Morgan fingerprint density at radius 3 is 2.40 bits per heavy atom. The summed E-state index contributed by atoms with van der Waals surface area (Å²) in [4.78, 5) is 12.7. The summed E-state index contributed by atoms with van der Waals surface area (Å²) in [5.74, 6) is 0.292. The van der Waals surface area contributed by atoms with Crippen molar-refractivity contribution in [3.63, 3.8) is 0 Å². The van der Waals surface area contributed by atoms with Crippen LogP contribution in [0.3, 0.4) is 0 Å². The number of halogens is 1. The van der Waals surface area contributed by atoms with Gasteiger partial charge in [0.15, 0.2) is 9.84 Å². The standard InChI is InChI=1S/C18H22ClNO3S2/c1-13(2)14-5-7-15(8-6-14)25(22,23)17(16-4-3-11-24-16)12-20-18(21)9-10-19/h3-8,11,13,17H,9-10,12H2,1-2H3,(H,20,21)/t17-/m1/s1. The SMILES string of the molecule is CC(C)c1ccc(S(=O)(=O)[C@H](CNC(=O)CCCl)c2cccs2)cc1. The Hall–Kier alpha value is -1.37. The maximum atomic E-state index is 13.1. The monoisotopic (exact) mass is 399 g/mol. The lowest BCUT2D eigenvalue weighted by molar-refractivity contribution is -0.120. The molecule has 2 rings (SSSR count). The smallest absolute Gasteiger partial charge is 0.221 e. The number of carbonyl (C=O) groups is 1. The molecule has 1 amide bonds. The molecule has 1 aromatic carbocycles. The third kappa shape index (κ3) is 5.06. The van der Waals surface area contributed by atoms with Crippen molar-refractivity contribution < 1.29 is 13.2 Å². The largest absolute Gasteiger partial charge is 0.354 e. The zero-order valence-corrected chi connectivity index (χ0v) is 16.6. The van der Waals surface area contributed by atoms with E-state index in [1.54, 1.807) is 18.2 Å². The Balaban J connectivity index is 2.30. The van der Waals surface area contributed by atoms with Crippen molar-refractivity contribution >= 4 is 38.7 Å². The van der Waals surface area contributed by atoms with Crippen molar-refractivity contribution in [2.75, 3.05) is 12.4 Å². The van der Waals surface area contributed by atoms with Crippen LogP contribution in [0.1, 0.15) is 41.9 Å². The fourth-order valence-electron chi connectivity index (χ4n) is 2.43. The van der Waals surface area contributed by atoms with E-state index in [2.05, 4.69) is 19.2 Å². The summed E-state index contributed by atoms with van der Waals surface area (Å²) >= 11 is 6.93. The van der Waals surface area contributed by atoms with Crippen LogP contribution in [0.2, 0.25) is 0 Å². The molecule has 0 aliphatic heterocycles. The number of amides is 1. The number of carbonyl (C=O) groups excluding carboxylic acids is 1. The third-order valence-electron chi connectivity index (χ3n) is 3.92. The number of nitrogens with one attached hydrogen (secondary N) is 1. The highest BCUT2D eigenvalue weighted by atomic mass is 35.5. The maximum absolute atomic E-state index is 13.1. The molecule has 0 aliphatic rings. The van der Waals surface area contributed by atoms with Gasteiger partial charge in [-0.3, -0.25) is 4.79 Å². The molecule has 25 heavy (non-hydrogen) atoms. The number of alkyl halides is 1. The minimum absolute atomic E-state index is 0.0322. The van der Waals surface area contributed by atoms with E-state index in [1.165, 1.54) is 11.3 Å². The van der Waals surface area contributed by atoms with Crippen LogP contribution in [0.15, 0.2) is 46.7 Å². The number of hydrogen-bond acceptors (Lipinski definition) is 4. The topological polar surface area (TPSA) is 63.2 Å². The van der Waals surface area contributed by atoms with Crippen molar-refractivity contribution in [2.24, 2.45) is 0 Å². The van der Waals surface area contributed by atoms with Gasteiger partial charge in [0.1, 0.15) is 5.25 Å². The van der Waals surface area contributed by atoms with Gasteiger partial charge in [-0.1, -0.05) is 32.0 Å². The molecular weight excluding hydrogens is 378 g/mol. The molecule has 0 bridgehead atoms. The van der Waals surface area contributed by atoms with Crippen molar-refractivity contribution in [3.8, 4) is 0 Å². The van der Waals surface area contributed by atoms with Gasteiger partial charge in [0.25, 0.3) is 0 Å². The fourth-order valence-corrected chi connectivity index (χ4v) is 5.38. The van der Waals surface area contributed by atoms with Gasteiger partial charge < -0.3 is 5.32 Å². The predicted octanol–water partition coefficient (Wildman–Crippen LogP) is 4.13. The third-order valence-corrected chi connectivity index (χ3v) is 7.34. The normalized spacial score (nSPS) is 13.0. The van der Waals surface area contributed by atoms with Gasteiger partial charge in [-0.2, -0.15) is 0 Å². The summed E-state index contributed by atoms with van der Waals surface area (Å²) < 4.78 is 26.2. The van der Waals surface area contributed by atoms with Crippen LogP contribution in [0, 0.1) is 0 Å². The van der Waals surface area contributed by atoms with Crippen LogP contribution < -0.4 is 5.32 Å². The first-order valence-electron chi connectivity index (χ1n) is 8.06. The van der Waals surface area contributed by atoms with Gasteiger partial charge in [-0.05, 0) is 35.1 Å². The molecule has 1 aromatic heterocycles. The first-order valence-corrected chi connectivity index (χ1v) is 11.0. The summed E-state index contributed by atoms with van der Waals surface area (Å²) in [6.45, 7) is 4.15. The van der Waals surface area contributed by atoms with Gasteiger partial charge in [0.2, 0.25) is 5.91 Å². The van der Waals surface area contributed by atoms with Crippen molar-refractivity contribution in [2.45, 2.75) is 36.3 Å². The van der Waals surface area contributed by atoms with E-state index >= 15 is 0 Å². The van der Waals surface area contributed by atoms with E-state index in [4.69, 9.17) is 11.6 Å². The number of sulfone groups is 1. The zero-order valence-electron chi connectivity index (χ0n) is 14.2. The molecule has 0 radical (unpaired) electrons. The van der Waals surface area contributed by atoms with E-state index in [0.29, 0.717) is 10.8 Å². The number of thiophene rings is 1. The van der Waals surface area contributed by atoms with Gasteiger partial charge >= 0.3 is 0 Å². The van der Waals surface area contributed by atoms with Gasteiger partial charge in [-0.15, -0.1) is 22.9 Å². The minimum Gasteiger partial charge on any atom is -0.354 e. The minimum atomic E-state index is -3.61. The van der Waals surface area contributed by atoms with Crippen LogP contribution in [-0.2, 0) is 14.6 Å². The molecule has 2 aromatic rings. The second-order valence-corrected chi connectivity index (χ2v) is 9.50. The van der Waals surface area contributed by atoms with Gasteiger partial charge in [0, 0.05) is 23.7 Å². The molecule has 0 saturated carbocycles. The molecular formula is C18H22ClNO3S2. The Labute approximate surface area is 158 Å². The Morgan fingerprint density at radius 1 is 1.20 bits per heavy atom. The molecule has 1 atom stereocenters. The van der Waals surface area contributed by atoms with Gasteiger partial charge in [0.05, 0.1) is 4.90 Å². The van der Waals surface area contributed by atoms with E-state index in [1.807, 2.05) is 23.6 Å². The lowest BCUT2D eigenvalue weighted by Crippen LogP contribution is -2.31. The molecule has 4 nitrogen and oxygen atoms in total. The number of hydrogen-bond donors (Lipinski definition) is 1. The lowest BCUT2D eigenvalue weighted by atomic mass is 10.0. The first-order chi connectivity index (χ1) is 11.9. The predicted molar refractivity (Wildman–Crippen MR) is 103 cm³/mol. The first kappa shape index (κ1) is 19.9. The molecule has 136 valence electrons. The summed E-state index contributed by atoms with van der Waals surface area (Å²) in [5, 5.41) is 3.71. The highest BCUT2D eigenvalue weighted by Crippen LogP contribution is 2.32. The number of rotatable bonds is 8. The molecule has 0 unspecified atom stereocenters. The fraction of sp³-hybridized carbons (Fsp3) is 0.389. The number of benzene rings is 1. The second kappa shape index (κ2) is 8.83. The zero-order chi connectivity index (χ0) is 18.4. The van der Waals surface area contributed by atoms with E-state index in [0.717, 1.165) is 5.56 Å². The molecule has 1 N–H and O–H groups in total. The summed E-state index contributed by atoms with van der Waals surface area (Å²) in [6.07, 6.45) is 0.169. The average Bonchev–Trinajstić information content (AvgIpc) is 3.09. The quantitative estimate of drug-likeness (QED) is 0.678. The van der Waals surface area contributed by atoms with Crippen molar-refractivity contribution in [1.82, 2.24) is 5.32 Å².